The van der Waals surface area contributed by atoms with E-state index in [0.29, 0.717) is 19.4 Å². The third-order valence-electron chi connectivity index (χ3n) is 4.63. The summed E-state index contributed by atoms with van der Waals surface area (Å²) in [6, 6.07) is 6.75. The predicted octanol–water partition coefficient (Wildman–Crippen LogP) is -0.170. The van der Waals surface area contributed by atoms with Crippen LogP contribution in [0.2, 0.25) is 0 Å². The monoisotopic (exact) mass is 470 g/mol. The summed E-state index contributed by atoms with van der Waals surface area (Å²) >= 11 is 0. The first kappa shape index (κ1) is 29.1. The Morgan fingerprint density at radius 1 is 1.06 bits per heavy atom. The molecule has 32 heavy (non-hydrogen) atoms. The maximum atomic E-state index is 12.9. The summed E-state index contributed by atoms with van der Waals surface area (Å²) in [4.78, 5) is 41.4. The first-order chi connectivity index (χ1) is 14.6. The second-order valence-electron chi connectivity index (χ2n) is 7.56. The van der Waals surface area contributed by atoms with Crippen LogP contribution >= 0.6 is 12.4 Å². The van der Waals surface area contributed by atoms with Crippen LogP contribution in [0.15, 0.2) is 35.3 Å². The molecule has 1 aromatic rings. The minimum Gasteiger partial charge on any atom is -0.467 e. The Hall–Kier alpha value is -2.85. The summed E-state index contributed by atoms with van der Waals surface area (Å²) in [6.07, 6.45) is 1.03. The number of benzene rings is 1. The number of methoxy groups -OCH3 is 1. The van der Waals surface area contributed by atoms with Gasteiger partial charge in [-0.3, -0.25) is 14.6 Å². The van der Waals surface area contributed by atoms with E-state index in [1.807, 2.05) is 30.3 Å². The second kappa shape index (κ2) is 15.0. The van der Waals surface area contributed by atoms with Crippen molar-refractivity contribution < 1.29 is 19.1 Å². The van der Waals surface area contributed by atoms with Crippen molar-refractivity contribution in [3.63, 3.8) is 0 Å². The van der Waals surface area contributed by atoms with E-state index >= 15 is 0 Å². The van der Waals surface area contributed by atoms with E-state index in [1.165, 1.54) is 7.11 Å². The Bertz CT molecular complexity index is 756. The van der Waals surface area contributed by atoms with Crippen LogP contribution in [0.25, 0.3) is 0 Å². The Labute approximate surface area is 195 Å². The van der Waals surface area contributed by atoms with Gasteiger partial charge in [0.15, 0.2) is 5.96 Å². The van der Waals surface area contributed by atoms with Crippen LogP contribution in [-0.4, -0.2) is 55.5 Å². The lowest BCUT2D eigenvalue weighted by Crippen LogP contribution is -2.55. The number of aliphatic imine (C=N–C) groups is 1. The molecule has 0 heterocycles. The number of amides is 2. The number of nitrogens with one attached hydrogen (secondary N) is 2. The van der Waals surface area contributed by atoms with E-state index < -0.39 is 35.9 Å². The van der Waals surface area contributed by atoms with Crippen LogP contribution in [0.1, 0.15) is 32.3 Å². The van der Waals surface area contributed by atoms with Gasteiger partial charge in [-0.25, -0.2) is 4.79 Å². The van der Waals surface area contributed by atoms with Crippen LogP contribution in [0, 0.1) is 5.92 Å². The quantitative estimate of drug-likeness (QED) is 0.122. The van der Waals surface area contributed by atoms with Gasteiger partial charge in [-0.2, -0.15) is 0 Å². The summed E-state index contributed by atoms with van der Waals surface area (Å²) in [7, 11) is 1.25. The van der Waals surface area contributed by atoms with Crippen LogP contribution < -0.4 is 27.8 Å². The topological polar surface area (TPSA) is 175 Å². The molecule has 0 fully saturated rings. The number of nitrogens with zero attached hydrogens (tertiary/aromatic N) is 1. The van der Waals surface area contributed by atoms with Gasteiger partial charge in [-0.15, -0.1) is 12.4 Å². The molecule has 0 aromatic heterocycles. The Morgan fingerprint density at radius 3 is 2.22 bits per heavy atom. The van der Waals surface area contributed by atoms with E-state index in [4.69, 9.17) is 21.9 Å². The molecule has 0 aliphatic rings. The average molecular weight is 471 g/mol. The van der Waals surface area contributed by atoms with Crippen molar-refractivity contribution in [3.05, 3.63) is 35.9 Å². The van der Waals surface area contributed by atoms with Crippen molar-refractivity contribution in [2.75, 3.05) is 13.7 Å². The predicted molar refractivity (Wildman–Crippen MR) is 126 cm³/mol. The number of hydrogen-bond donors (Lipinski definition) is 5. The van der Waals surface area contributed by atoms with Crippen molar-refractivity contribution in [1.82, 2.24) is 10.6 Å². The molecule has 10 nitrogen and oxygen atoms in total. The molecule has 1 rings (SSSR count). The summed E-state index contributed by atoms with van der Waals surface area (Å²) in [5, 5.41) is 5.34. The van der Waals surface area contributed by atoms with Crippen LogP contribution in [0.5, 0.6) is 0 Å². The van der Waals surface area contributed by atoms with Crippen molar-refractivity contribution in [2.45, 2.75) is 51.2 Å². The fourth-order valence-electron chi connectivity index (χ4n) is 2.89. The molecular formula is C21H35ClN6O4. The third-order valence-corrected chi connectivity index (χ3v) is 4.63. The average Bonchev–Trinajstić information content (AvgIpc) is 2.73. The van der Waals surface area contributed by atoms with Crippen molar-refractivity contribution >= 4 is 36.2 Å². The molecule has 8 N–H and O–H groups in total. The standard InChI is InChI=1S/C21H34N6O4.ClH/c1-13(2)17(20(30)31-3)27-19(29)16(10-7-11-25-21(23)24)26-18(28)15(22)12-14-8-5-4-6-9-14;/h4-6,8-9,13,15-17H,7,10-12,22H2,1-3H3,(H,26,28)(H,27,29)(H4,23,24,25);1H/t15?,16-,17-;/m1./s1. The fourth-order valence-corrected chi connectivity index (χ4v) is 2.89. The molecule has 0 bridgehead atoms. The lowest BCUT2D eigenvalue weighted by atomic mass is 10.0. The van der Waals surface area contributed by atoms with Crippen LogP contribution in [-0.2, 0) is 25.5 Å². The van der Waals surface area contributed by atoms with Gasteiger partial charge >= 0.3 is 5.97 Å². The lowest BCUT2D eigenvalue weighted by molar-refractivity contribution is -0.146. The van der Waals surface area contributed by atoms with E-state index in [2.05, 4.69) is 15.6 Å². The Morgan fingerprint density at radius 2 is 1.69 bits per heavy atom. The zero-order valence-corrected chi connectivity index (χ0v) is 19.6. The first-order valence-electron chi connectivity index (χ1n) is 10.2. The van der Waals surface area contributed by atoms with Crippen molar-refractivity contribution in [1.29, 1.82) is 0 Å². The molecule has 1 aromatic carbocycles. The van der Waals surface area contributed by atoms with Gasteiger partial charge in [0.25, 0.3) is 0 Å². The maximum Gasteiger partial charge on any atom is 0.328 e. The normalized spacial score (nSPS) is 13.2. The zero-order chi connectivity index (χ0) is 23.4. The summed E-state index contributed by atoms with van der Waals surface area (Å²) in [5.74, 6) is -1.79. The van der Waals surface area contributed by atoms with E-state index in [9.17, 15) is 14.4 Å². The van der Waals surface area contributed by atoms with Crippen LogP contribution in [0.3, 0.4) is 0 Å². The molecule has 0 spiro atoms. The highest BCUT2D eigenvalue weighted by molar-refractivity contribution is 5.92. The SMILES string of the molecule is COC(=O)[C@H](NC(=O)[C@@H](CCCN=C(N)N)NC(=O)C(N)Cc1ccccc1)C(C)C.Cl. The number of esters is 1. The minimum atomic E-state index is -0.908. The lowest BCUT2D eigenvalue weighted by Gasteiger charge is -2.25. The van der Waals surface area contributed by atoms with Crippen LogP contribution in [0.4, 0.5) is 0 Å². The van der Waals surface area contributed by atoms with Crippen molar-refractivity contribution in [3.8, 4) is 0 Å². The van der Waals surface area contributed by atoms with E-state index in [-0.39, 0.29) is 30.7 Å². The third kappa shape index (κ3) is 10.5. The molecule has 180 valence electrons. The molecule has 1 unspecified atom stereocenters. The number of ether oxygens (including phenoxy) is 1. The van der Waals surface area contributed by atoms with Crippen molar-refractivity contribution in [2.24, 2.45) is 28.1 Å². The smallest absolute Gasteiger partial charge is 0.328 e. The molecule has 0 aliphatic heterocycles. The van der Waals surface area contributed by atoms with E-state index in [0.717, 1.165) is 5.56 Å². The Kier molecular flexibility index (Phi) is 13.7. The number of carbonyl (C=O) groups excluding carboxylic acids is 3. The molecule has 11 heteroatoms. The van der Waals surface area contributed by atoms with Gasteiger partial charge in [0.1, 0.15) is 12.1 Å². The van der Waals surface area contributed by atoms with Gasteiger partial charge in [0.2, 0.25) is 11.8 Å². The summed E-state index contributed by atoms with van der Waals surface area (Å²) in [5.41, 5.74) is 17.6. The van der Waals surface area contributed by atoms with Gasteiger partial charge in [0.05, 0.1) is 13.2 Å². The second-order valence-corrected chi connectivity index (χ2v) is 7.56. The molecule has 3 atom stereocenters. The first-order valence-corrected chi connectivity index (χ1v) is 10.2. The number of halogens is 1. The molecule has 0 radical (unpaired) electrons. The maximum absolute atomic E-state index is 12.9. The number of nitrogens with two attached hydrogens (primary N) is 3. The highest BCUT2D eigenvalue weighted by atomic mass is 35.5. The molecular weight excluding hydrogens is 436 g/mol. The Balaban J connectivity index is 0.00000961. The molecule has 0 aliphatic carbocycles. The highest BCUT2D eigenvalue weighted by Gasteiger charge is 2.30. The van der Waals surface area contributed by atoms with Gasteiger partial charge in [-0.05, 0) is 30.7 Å². The number of guanidine groups is 1. The minimum absolute atomic E-state index is 0. The number of carbonyl (C=O) groups is 3. The highest BCUT2D eigenvalue weighted by Crippen LogP contribution is 2.07. The van der Waals surface area contributed by atoms with E-state index in [1.54, 1.807) is 13.8 Å². The number of hydrogen-bond acceptors (Lipinski definition) is 6. The zero-order valence-electron chi connectivity index (χ0n) is 18.7. The van der Waals surface area contributed by atoms with Gasteiger partial charge in [0, 0.05) is 6.54 Å². The number of rotatable bonds is 12. The summed E-state index contributed by atoms with van der Waals surface area (Å²) in [6.45, 7) is 3.86. The molecule has 2 amide bonds. The largest absolute Gasteiger partial charge is 0.467 e. The fraction of sp³-hybridized carbons (Fsp3) is 0.524. The van der Waals surface area contributed by atoms with Gasteiger partial charge in [-0.1, -0.05) is 44.2 Å². The molecule has 0 saturated heterocycles. The summed E-state index contributed by atoms with van der Waals surface area (Å²) < 4.78 is 4.76. The van der Waals surface area contributed by atoms with Gasteiger partial charge < -0.3 is 32.6 Å². The molecule has 0 saturated carbocycles.